The van der Waals surface area contributed by atoms with Crippen LogP contribution in [-0.4, -0.2) is 29.1 Å². The minimum Gasteiger partial charge on any atom is -0.354 e. The molecule has 1 fully saturated rings. The Bertz CT molecular complexity index is 436. The molecular formula is C15H24N4. The van der Waals surface area contributed by atoms with E-state index in [0.717, 1.165) is 38.2 Å². The first-order valence-electron chi connectivity index (χ1n) is 7.57. The molecule has 104 valence electrons. The average molecular weight is 260 g/mol. The van der Waals surface area contributed by atoms with Crippen LogP contribution < -0.4 is 10.6 Å². The van der Waals surface area contributed by atoms with Crippen LogP contribution in [0.25, 0.3) is 0 Å². The van der Waals surface area contributed by atoms with Crippen LogP contribution in [0.4, 0.5) is 5.82 Å². The third-order valence-corrected chi connectivity index (χ3v) is 4.34. The van der Waals surface area contributed by atoms with Crippen molar-refractivity contribution < 1.29 is 0 Å². The summed E-state index contributed by atoms with van der Waals surface area (Å²) < 4.78 is 0. The molecule has 1 aromatic heterocycles. The van der Waals surface area contributed by atoms with Crippen LogP contribution in [0.3, 0.4) is 0 Å². The Morgan fingerprint density at radius 2 is 2.00 bits per heavy atom. The predicted molar refractivity (Wildman–Crippen MR) is 77.3 cm³/mol. The van der Waals surface area contributed by atoms with Crippen LogP contribution in [0.15, 0.2) is 6.33 Å². The van der Waals surface area contributed by atoms with Crippen molar-refractivity contribution in [3.05, 3.63) is 17.6 Å². The molecule has 2 aliphatic rings. The molecule has 3 rings (SSSR count). The quantitative estimate of drug-likeness (QED) is 0.784. The van der Waals surface area contributed by atoms with Gasteiger partial charge in [-0.1, -0.05) is 13.3 Å². The van der Waals surface area contributed by atoms with Gasteiger partial charge in [0.1, 0.15) is 12.1 Å². The van der Waals surface area contributed by atoms with Gasteiger partial charge in [0, 0.05) is 30.4 Å². The van der Waals surface area contributed by atoms with E-state index in [1.807, 2.05) is 0 Å². The van der Waals surface area contributed by atoms with Crippen molar-refractivity contribution in [1.82, 2.24) is 9.97 Å². The third-order valence-electron chi connectivity index (χ3n) is 4.34. The zero-order chi connectivity index (χ0) is 13.2. The van der Waals surface area contributed by atoms with E-state index in [-0.39, 0.29) is 6.04 Å². The van der Waals surface area contributed by atoms with E-state index in [1.54, 1.807) is 6.33 Å². The van der Waals surface area contributed by atoms with Gasteiger partial charge in [-0.15, -0.1) is 0 Å². The van der Waals surface area contributed by atoms with Crippen molar-refractivity contribution in [1.29, 1.82) is 0 Å². The van der Waals surface area contributed by atoms with Crippen LogP contribution in [0.1, 0.15) is 43.9 Å². The van der Waals surface area contributed by atoms with Gasteiger partial charge in [-0.25, -0.2) is 9.97 Å². The van der Waals surface area contributed by atoms with Crippen molar-refractivity contribution in [2.45, 2.75) is 51.5 Å². The third kappa shape index (κ3) is 2.73. The molecule has 1 aliphatic carbocycles. The number of hydrogen-bond donors (Lipinski definition) is 1. The zero-order valence-electron chi connectivity index (χ0n) is 11.8. The summed E-state index contributed by atoms with van der Waals surface area (Å²) in [6, 6.07) is 0.278. The summed E-state index contributed by atoms with van der Waals surface area (Å²) in [4.78, 5) is 11.5. The maximum Gasteiger partial charge on any atom is 0.135 e. The van der Waals surface area contributed by atoms with Crippen LogP contribution >= 0.6 is 0 Å². The van der Waals surface area contributed by atoms with Crippen molar-refractivity contribution in [2.24, 2.45) is 11.7 Å². The molecule has 4 heteroatoms. The Morgan fingerprint density at radius 1 is 1.16 bits per heavy atom. The zero-order valence-corrected chi connectivity index (χ0v) is 11.8. The Morgan fingerprint density at radius 3 is 2.84 bits per heavy atom. The lowest BCUT2D eigenvalue weighted by Gasteiger charge is -2.36. The van der Waals surface area contributed by atoms with E-state index < -0.39 is 0 Å². The topological polar surface area (TPSA) is 55.0 Å². The second-order valence-corrected chi connectivity index (χ2v) is 6.19. The Balaban J connectivity index is 1.91. The molecule has 2 heterocycles. The first-order chi connectivity index (χ1) is 9.24. The largest absolute Gasteiger partial charge is 0.354 e. The van der Waals surface area contributed by atoms with E-state index >= 15 is 0 Å². The number of rotatable bonds is 1. The molecule has 1 saturated heterocycles. The fourth-order valence-corrected chi connectivity index (χ4v) is 3.53. The molecule has 0 spiro atoms. The van der Waals surface area contributed by atoms with E-state index in [2.05, 4.69) is 21.8 Å². The molecule has 4 nitrogen and oxygen atoms in total. The highest BCUT2D eigenvalue weighted by Crippen LogP contribution is 2.29. The lowest BCUT2D eigenvalue weighted by atomic mass is 9.96. The van der Waals surface area contributed by atoms with Crippen LogP contribution in [0.5, 0.6) is 0 Å². The van der Waals surface area contributed by atoms with E-state index in [0.29, 0.717) is 5.92 Å². The first-order valence-corrected chi connectivity index (χ1v) is 7.57. The minimum absolute atomic E-state index is 0.278. The second-order valence-electron chi connectivity index (χ2n) is 6.19. The first kappa shape index (κ1) is 12.9. The van der Waals surface area contributed by atoms with Gasteiger partial charge in [0.05, 0.1) is 0 Å². The maximum absolute atomic E-state index is 6.17. The minimum atomic E-state index is 0.278. The second kappa shape index (κ2) is 5.45. The van der Waals surface area contributed by atoms with Crippen LogP contribution in [-0.2, 0) is 12.8 Å². The van der Waals surface area contributed by atoms with E-state index in [4.69, 9.17) is 5.73 Å². The Hall–Kier alpha value is -1.16. The molecule has 19 heavy (non-hydrogen) atoms. The monoisotopic (exact) mass is 260 g/mol. The predicted octanol–water partition coefficient (Wildman–Crippen LogP) is 1.92. The Kier molecular flexibility index (Phi) is 3.69. The summed E-state index contributed by atoms with van der Waals surface area (Å²) in [5, 5.41) is 0. The standard InChI is InChI=1S/C15H24N4/c1-11-7-12(16)9-19(8-11)15-13-5-3-2-4-6-14(13)17-10-18-15/h10-12H,2-9,16H2,1H3. The molecule has 1 aliphatic heterocycles. The molecule has 0 radical (unpaired) electrons. The van der Waals surface area contributed by atoms with Crippen molar-refractivity contribution in [2.75, 3.05) is 18.0 Å². The molecule has 2 N–H and O–H groups in total. The van der Waals surface area contributed by atoms with Gasteiger partial charge >= 0.3 is 0 Å². The summed E-state index contributed by atoms with van der Waals surface area (Å²) in [6.45, 7) is 4.30. The molecular weight excluding hydrogens is 236 g/mol. The molecule has 0 bridgehead atoms. The molecule has 0 saturated carbocycles. The van der Waals surface area contributed by atoms with E-state index in [9.17, 15) is 0 Å². The van der Waals surface area contributed by atoms with Crippen molar-refractivity contribution in [3.8, 4) is 0 Å². The highest BCUT2D eigenvalue weighted by atomic mass is 15.2. The summed E-state index contributed by atoms with van der Waals surface area (Å²) in [7, 11) is 0. The van der Waals surface area contributed by atoms with Crippen molar-refractivity contribution in [3.63, 3.8) is 0 Å². The van der Waals surface area contributed by atoms with Gasteiger partial charge in [-0.3, -0.25) is 0 Å². The molecule has 2 unspecified atom stereocenters. The number of anilines is 1. The summed E-state index contributed by atoms with van der Waals surface area (Å²) in [6.07, 6.45) is 8.95. The van der Waals surface area contributed by atoms with Crippen molar-refractivity contribution >= 4 is 5.82 Å². The number of piperidine rings is 1. The number of hydrogen-bond acceptors (Lipinski definition) is 4. The van der Waals surface area contributed by atoms with Gasteiger partial charge in [0.2, 0.25) is 0 Å². The molecule has 2 atom stereocenters. The smallest absolute Gasteiger partial charge is 0.135 e. The lowest BCUT2D eigenvalue weighted by molar-refractivity contribution is 0.399. The average Bonchev–Trinajstić information content (AvgIpc) is 2.62. The molecule has 1 aromatic rings. The van der Waals surface area contributed by atoms with Gasteiger partial charge in [-0.05, 0) is 38.0 Å². The maximum atomic E-state index is 6.17. The summed E-state index contributed by atoms with van der Waals surface area (Å²) >= 11 is 0. The highest BCUT2D eigenvalue weighted by Gasteiger charge is 2.26. The Labute approximate surface area is 115 Å². The lowest BCUT2D eigenvalue weighted by Crippen LogP contribution is -2.47. The highest BCUT2D eigenvalue weighted by molar-refractivity contribution is 5.49. The fraction of sp³-hybridized carbons (Fsp3) is 0.733. The normalized spacial score (nSPS) is 27.8. The van der Waals surface area contributed by atoms with Gasteiger partial charge in [0.25, 0.3) is 0 Å². The number of aryl methyl sites for hydroxylation is 1. The fourth-order valence-electron chi connectivity index (χ4n) is 3.53. The van der Waals surface area contributed by atoms with Gasteiger partial charge in [-0.2, -0.15) is 0 Å². The van der Waals surface area contributed by atoms with Crippen LogP contribution in [0.2, 0.25) is 0 Å². The van der Waals surface area contributed by atoms with Crippen LogP contribution in [0, 0.1) is 5.92 Å². The number of aromatic nitrogens is 2. The number of nitrogens with zero attached hydrogens (tertiary/aromatic N) is 3. The number of nitrogens with two attached hydrogens (primary N) is 1. The summed E-state index contributed by atoms with van der Waals surface area (Å²) in [5.41, 5.74) is 8.84. The summed E-state index contributed by atoms with van der Waals surface area (Å²) in [5.74, 6) is 1.81. The molecule has 0 aromatic carbocycles. The van der Waals surface area contributed by atoms with E-state index in [1.165, 1.54) is 30.5 Å². The van der Waals surface area contributed by atoms with Gasteiger partial charge in [0.15, 0.2) is 0 Å². The molecule has 0 amide bonds. The van der Waals surface area contributed by atoms with Gasteiger partial charge < -0.3 is 10.6 Å². The number of fused-ring (bicyclic) bond motifs is 1. The SMILES string of the molecule is CC1CC(N)CN(c2ncnc3c2CCCCC3)C1.